The second-order valence-electron chi connectivity index (χ2n) is 4.06. The van der Waals surface area contributed by atoms with E-state index >= 15 is 0 Å². The van der Waals surface area contributed by atoms with Gasteiger partial charge in [-0.3, -0.25) is 5.10 Å². The van der Waals surface area contributed by atoms with Gasteiger partial charge in [0.2, 0.25) is 20.9 Å². The number of H-pyrrole nitrogens is 1. The first-order valence-corrected chi connectivity index (χ1v) is 7.38. The maximum absolute atomic E-state index is 12.0. The highest BCUT2D eigenvalue weighted by molar-refractivity contribution is 7.90. The van der Waals surface area contributed by atoms with E-state index in [1.165, 1.54) is 6.26 Å². The lowest BCUT2D eigenvalue weighted by Crippen LogP contribution is -2.07. The monoisotopic (exact) mass is 290 g/mol. The van der Waals surface area contributed by atoms with Crippen LogP contribution in [0.2, 0.25) is 0 Å². The molecule has 102 valence electrons. The minimum absolute atomic E-state index is 0.179. The van der Waals surface area contributed by atoms with Gasteiger partial charge in [-0.25, -0.2) is 18.4 Å². The molecule has 0 fully saturated rings. The minimum atomic E-state index is -3.59. The number of oxazole rings is 1. The Morgan fingerprint density at radius 1 is 1.20 bits per heavy atom. The number of nitrogens with zero attached hydrogens (tertiary/aromatic N) is 3. The topological polar surface area (TPSA) is 102 Å². The number of sulfone groups is 1. The van der Waals surface area contributed by atoms with Gasteiger partial charge in [-0.05, 0) is 12.1 Å². The van der Waals surface area contributed by atoms with Crippen molar-refractivity contribution in [3.63, 3.8) is 0 Å². The van der Waals surface area contributed by atoms with Gasteiger partial charge in [0.05, 0.1) is 5.69 Å². The van der Waals surface area contributed by atoms with Crippen molar-refractivity contribution in [1.29, 1.82) is 0 Å². The van der Waals surface area contributed by atoms with Crippen LogP contribution in [0, 0.1) is 0 Å². The van der Waals surface area contributed by atoms with Gasteiger partial charge in [-0.2, -0.15) is 5.10 Å². The van der Waals surface area contributed by atoms with Crippen molar-refractivity contribution < 1.29 is 12.8 Å². The quantitative estimate of drug-likeness (QED) is 0.780. The Balaban J connectivity index is 1.85. The second-order valence-corrected chi connectivity index (χ2v) is 5.96. The summed E-state index contributed by atoms with van der Waals surface area (Å²) in [6.07, 6.45) is 2.47. The number of nitrogens with one attached hydrogen (secondary N) is 1. The van der Waals surface area contributed by atoms with Crippen LogP contribution in [-0.4, -0.2) is 28.6 Å². The fourth-order valence-corrected chi connectivity index (χ4v) is 2.75. The molecule has 2 heterocycles. The summed E-state index contributed by atoms with van der Waals surface area (Å²) in [6, 6.07) is 9.25. The van der Waals surface area contributed by atoms with Crippen molar-refractivity contribution in [2.24, 2.45) is 0 Å². The SMILES string of the molecule is O=S(=O)(Cc1coc(-c2ccccc2)n1)c1ncn[nH]1. The van der Waals surface area contributed by atoms with Gasteiger partial charge in [0.15, 0.2) is 0 Å². The highest BCUT2D eigenvalue weighted by atomic mass is 32.2. The molecule has 0 aliphatic rings. The van der Waals surface area contributed by atoms with Crippen LogP contribution in [-0.2, 0) is 15.6 Å². The Hall–Kier alpha value is -2.48. The molecule has 0 radical (unpaired) electrons. The minimum Gasteiger partial charge on any atom is -0.444 e. The number of aromatic amines is 1. The molecule has 3 aromatic rings. The molecule has 0 saturated carbocycles. The first-order chi connectivity index (χ1) is 9.65. The summed E-state index contributed by atoms with van der Waals surface area (Å²) >= 11 is 0. The standard InChI is InChI=1S/C12H10N4O3S/c17-20(18,12-13-8-14-16-12)7-10-6-19-11(15-10)9-4-2-1-3-5-9/h1-6,8H,7H2,(H,13,14,16). The van der Waals surface area contributed by atoms with Gasteiger partial charge >= 0.3 is 0 Å². The smallest absolute Gasteiger partial charge is 0.243 e. The molecule has 0 atom stereocenters. The van der Waals surface area contributed by atoms with Crippen LogP contribution in [0.15, 0.2) is 52.5 Å². The normalized spacial score (nSPS) is 11.6. The molecule has 8 heteroatoms. The Kier molecular flexibility index (Phi) is 3.07. The lowest BCUT2D eigenvalue weighted by Gasteiger charge is -1.96. The molecule has 0 spiro atoms. The van der Waals surface area contributed by atoms with E-state index in [0.717, 1.165) is 11.9 Å². The highest BCUT2D eigenvalue weighted by Gasteiger charge is 2.21. The van der Waals surface area contributed by atoms with Crippen molar-refractivity contribution in [2.45, 2.75) is 10.9 Å². The summed E-state index contributed by atoms with van der Waals surface area (Å²) in [5.41, 5.74) is 1.11. The van der Waals surface area contributed by atoms with Gasteiger partial charge in [0.25, 0.3) is 0 Å². The van der Waals surface area contributed by atoms with E-state index in [9.17, 15) is 8.42 Å². The summed E-state index contributed by atoms with van der Waals surface area (Å²) in [7, 11) is -3.59. The van der Waals surface area contributed by atoms with Crippen LogP contribution in [0.25, 0.3) is 11.5 Å². The largest absolute Gasteiger partial charge is 0.444 e. The molecule has 0 saturated heterocycles. The third kappa shape index (κ3) is 2.45. The van der Waals surface area contributed by atoms with Crippen LogP contribution in [0.3, 0.4) is 0 Å². The first kappa shape index (κ1) is 12.5. The van der Waals surface area contributed by atoms with Gasteiger partial charge in [-0.15, -0.1) is 0 Å². The lowest BCUT2D eigenvalue weighted by atomic mass is 10.2. The second kappa shape index (κ2) is 4.89. The Labute approximate surface area is 114 Å². The molecule has 1 N–H and O–H groups in total. The lowest BCUT2D eigenvalue weighted by molar-refractivity contribution is 0.571. The maximum atomic E-state index is 12.0. The molecule has 0 unspecified atom stereocenters. The van der Waals surface area contributed by atoms with Gasteiger partial charge in [0.1, 0.15) is 18.3 Å². The van der Waals surface area contributed by atoms with Gasteiger partial charge in [-0.1, -0.05) is 18.2 Å². The van der Waals surface area contributed by atoms with Crippen molar-refractivity contribution in [3.05, 3.63) is 48.6 Å². The maximum Gasteiger partial charge on any atom is 0.243 e. The van der Waals surface area contributed by atoms with Crippen molar-refractivity contribution >= 4 is 9.84 Å². The van der Waals surface area contributed by atoms with Gasteiger partial charge in [0, 0.05) is 5.56 Å². The van der Waals surface area contributed by atoms with Crippen LogP contribution >= 0.6 is 0 Å². The van der Waals surface area contributed by atoms with Crippen molar-refractivity contribution in [2.75, 3.05) is 0 Å². The molecule has 0 aliphatic carbocycles. The summed E-state index contributed by atoms with van der Waals surface area (Å²) in [5.74, 6) is 0.0896. The summed E-state index contributed by atoms with van der Waals surface area (Å²) in [5, 5.41) is 5.67. The Morgan fingerprint density at radius 3 is 2.70 bits per heavy atom. The molecule has 7 nitrogen and oxygen atoms in total. The molecule has 0 bridgehead atoms. The molecule has 1 aromatic carbocycles. The third-order valence-electron chi connectivity index (χ3n) is 2.60. The molecule has 2 aromatic heterocycles. The fraction of sp³-hybridized carbons (Fsp3) is 0.0833. The molecular formula is C12H10N4O3S. The summed E-state index contributed by atoms with van der Waals surface area (Å²) in [4.78, 5) is 7.80. The van der Waals surface area contributed by atoms with E-state index in [1.807, 2.05) is 30.3 Å². The predicted octanol–water partition coefficient (Wildman–Crippen LogP) is 1.43. The third-order valence-corrected chi connectivity index (χ3v) is 4.06. The van der Waals surface area contributed by atoms with Crippen LogP contribution in [0.1, 0.15) is 5.69 Å². The van der Waals surface area contributed by atoms with E-state index in [0.29, 0.717) is 11.6 Å². The fourth-order valence-electron chi connectivity index (χ4n) is 1.69. The number of hydrogen-bond donors (Lipinski definition) is 1. The molecule has 0 aliphatic heterocycles. The Bertz CT molecular complexity index is 794. The zero-order chi connectivity index (χ0) is 14.0. The highest BCUT2D eigenvalue weighted by Crippen LogP contribution is 2.19. The molecular weight excluding hydrogens is 280 g/mol. The molecule has 0 amide bonds. The van der Waals surface area contributed by atoms with Crippen LogP contribution in [0.4, 0.5) is 0 Å². The van der Waals surface area contributed by atoms with Crippen molar-refractivity contribution in [1.82, 2.24) is 20.2 Å². The first-order valence-electron chi connectivity index (χ1n) is 5.73. The average molecular weight is 290 g/mol. The van der Waals surface area contributed by atoms with E-state index in [2.05, 4.69) is 20.2 Å². The summed E-state index contributed by atoms with van der Waals surface area (Å²) in [6.45, 7) is 0. The Morgan fingerprint density at radius 2 is 2.00 bits per heavy atom. The molecule has 3 rings (SSSR count). The van der Waals surface area contributed by atoms with Crippen LogP contribution in [0.5, 0.6) is 0 Å². The molecule has 20 heavy (non-hydrogen) atoms. The number of benzene rings is 1. The zero-order valence-electron chi connectivity index (χ0n) is 10.2. The average Bonchev–Trinajstić information content (AvgIpc) is 3.10. The number of rotatable bonds is 4. The van der Waals surface area contributed by atoms with E-state index in [1.54, 1.807) is 0 Å². The number of aromatic nitrogens is 4. The van der Waals surface area contributed by atoms with Crippen LogP contribution < -0.4 is 0 Å². The number of hydrogen-bond acceptors (Lipinski definition) is 6. The van der Waals surface area contributed by atoms with Crippen molar-refractivity contribution in [3.8, 4) is 11.5 Å². The van der Waals surface area contributed by atoms with E-state index in [-0.39, 0.29) is 10.9 Å². The predicted molar refractivity (Wildman–Crippen MR) is 69.2 cm³/mol. The van der Waals surface area contributed by atoms with E-state index in [4.69, 9.17) is 4.42 Å². The summed E-state index contributed by atoms with van der Waals surface area (Å²) < 4.78 is 29.3. The van der Waals surface area contributed by atoms with Gasteiger partial charge < -0.3 is 4.42 Å². The van der Waals surface area contributed by atoms with E-state index < -0.39 is 9.84 Å². The zero-order valence-corrected chi connectivity index (χ0v) is 11.0.